The molecule has 0 heterocycles. The predicted octanol–water partition coefficient (Wildman–Crippen LogP) is 20.9. The van der Waals surface area contributed by atoms with Crippen LogP contribution in [0.1, 0.15) is 310 Å². The van der Waals surface area contributed by atoms with Crippen LogP contribution in [-0.2, 0) is 28.6 Å². The first-order valence-corrected chi connectivity index (χ1v) is 31.0. The van der Waals surface area contributed by atoms with Crippen molar-refractivity contribution in [2.45, 2.75) is 316 Å². The van der Waals surface area contributed by atoms with Crippen LogP contribution in [-0.4, -0.2) is 37.2 Å². The molecule has 6 heteroatoms. The topological polar surface area (TPSA) is 78.9 Å². The maximum atomic E-state index is 12.9. The molecule has 0 aliphatic heterocycles. The second kappa shape index (κ2) is 60.4. The Kier molecular flexibility index (Phi) is 57.8. The Labute approximate surface area is 446 Å². The van der Waals surface area contributed by atoms with Crippen LogP contribution in [0.5, 0.6) is 0 Å². The molecule has 0 rings (SSSR count). The number of rotatable bonds is 56. The quantitative estimate of drug-likeness (QED) is 0.0199. The van der Waals surface area contributed by atoms with Crippen molar-refractivity contribution in [1.29, 1.82) is 0 Å². The second-order valence-electron chi connectivity index (χ2n) is 20.7. The summed E-state index contributed by atoms with van der Waals surface area (Å²) in [5.74, 6) is -0.958. The highest BCUT2D eigenvalue weighted by molar-refractivity contribution is 5.71. The van der Waals surface area contributed by atoms with Gasteiger partial charge in [0.05, 0.1) is 0 Å². The number of ether oxygens (including phenoxy) is 3. The van der Waals surface area contributed by atoms with Crippen molar-refractivity contribution < 1.29 is 28.6 Å². The molecule has 0 aromatic rings. The van der Waals surface area contributed by atoms with Crippen LogP contribution in [0.25, 0.3) is 0 Å². The van der Waals surface area contributed by atoms with E-state index in [1.54, 1.807) is 0 Å². The fourth-order valence-electron chi connectivity index (χ4n) is 8.81. The molecule has 1 unspecified atom stereocenters. The lowest BCUT2D eigenvalue weighted by atomic mass is 10.0. The third-order valence-corrected chi connectivity index (χ3v) is 13.5. The van der Waals surface area contributed by atoms with Gasteiger partial charge in [-0.05, 0) is 77.0 Å². The molecule has 72 heavy (non-hydrogen) atoms. The van der Waals surface area contributed by atoms with Crippen LogP contribution in [0.2, 0.25) is 0 Å². The van der Waals surface area contributed by atoms with E-state index >= 15 is 0 Å². The van der Waals surface area contributed by atoms with E-state index in [1.807, 2.05) is 0 Å². The predicted molar refractivity (Wildman–Crippen MR) is 311 cm³/mol. The molecule has 0 amide bonds. The zero-order chi connectivity index (χ0) is 52.2. The molecule has 0 aromatic heterocycles. The van der Waals surface area contributed by atoms with E-state index in [4.69, 9.17) is 14.2 Å². The number of hydrogen-bond donors (Lipinski definition) is 0. The summed E-state index contributed by atoms with van der Waals surface area (Å²) in [7, 11) is 0. The summed E-state index contributed by atoms with van der Waals surface area (Å²) in [6.07, 6.45) is 77.6. The lowest BCUT2D eigenvalue weighted by molar-refractivity contribution is -0.167. The summed E-state index contributed by atoms with van der Waals surface area (Å²) in [6, 6.07) is 0. The van der Waals surface area contributed by atoms with Crippen LogP contribution in [0.3, 0.4) is 0 Å². The van der Waals surface area contributed by atoms with E-state index in [0.717, 1.165) is 83.5 Å². The summed E-state index contributed by atoms with van der Waals surface area (Å²) < 4.78 is 16.9. The minimum absolute atomic E-state index is 0.0970. The van der Waals surface area contributed by atoms with Gasteiger partial charge in [0, 0.05) is 19.3 Å². The van der Waals surface area contributed by atoms with Crippen molar-refractivity contribution in [2.24, 2.45) is 0 Å². The second-order valence-corrected chi connectivity index (χ2v) is 20.7. The maximum absolute atomic E-state index is 12.9. The molecule has 0 radical (unpaired) electrons. The summed E-state index contributed by atoms with van der Waals surface area (Å²) in [5.41, 5.74) is 0. The zero-order valence-electron chi connectivity index (χ0n) is 47.7. The molecule has 0 N–H and O–H groups in total. The Morgan fingerprint density at radius 2 is 0.569 bits per heavy atom. The number of hydrogen-bond acceptors (Lipinski definition) is 6. The van der Waals surface area contributed by atoms with Gasteiger partial charge in [0.1, 0.15) is 13.2 Å². The summed E-state index contributed by atoms with van der Waals surface area (Å²) >= 11 is 0. The molecule has 0 saturated carbocycles. The SMILES string of the molecule is CCCCCCC\C=C/C=C\C=C/CCCCCCCC(=O)OC(COC(=O)CCC/C=C\C/C=C\C/C=C\CCCCCCCC)COC(=O)CCCCCCCCCCCCCCCCCCCCC. The smallest absolute Gasteiger partial charge is 0.306 e. The maximum Gasteiger partial charge on any atom is 0.306 e. The van der Waals surface area contributed by atoms with E-state index < -0.39 is 6.10 Å². The Balaban J connectivity index is 4.46. The monoisotopic (exact) mass is 1000 g/mol. The van der Waals surface area contributed by atoms with E-state index in [2.05, 4.69) is 93.7 Å². The van der Waals surface area contributed by atoms with Gasteiger partial charge in [-0.3, -0.25) is 14.4 Å². The third-order valence-electron chi connectivity index (χ3n) is 13.5. The molecule has 0 aliphatic carbocycles. The van der Waals surface area contributed by atoms with Crippen molar-refractivity contribution in [3.8, 4) is 0 Å². The highest BCUT2D eigenvalue weighted by atomic mass is 16.6. The molecular formula is C66H116O6. The molecule has 416 valence electrons. The van der Waals surface area contributed by atoms with Gasteiger partial charge < -0.3 is 14.2 Å². The minimum atomic E-state index is -0.806. The number of unbranched alkanes of at least 4 members (excludes halogenated alkanes) is 35. The first-order valence-electron chi connectivity index (χ1n) is 31.0. The van der Waals surface area contributed by atoms with Crippen molar-refractivity contribution in [3.63, 3.8) is 0 Å². The van der Waals surface area contributed by atoms with Crippen LogP contribution in [0.4, 0.5) is 0 Å². The molecule has 6 nitrogen and oxygen atoms in total. The molecule has 0 aromatic carbocycles. The van der Waals surface area contributed by atoms with Crippen LogP contribution >= 0.6 is 0 Å². The third kappa shape index (κ3) is 57.7. The summed E-state index contributed by atoms with van der Waals surface area (Å²) in [6.45, 7) is 6.59. The van der Waals surface area contributed by atoms with Gasteiger partial charge in [-0.1, -0.05) is 286 Å². The van der Waals surface area contributed by atoms with Gasteiger partial charge in [-0.15, -0.1) is 0 Å². The Bertz CT molecular complexity index is 1340. The molecular weight excluding hydrogens is 889 g/mol. The fraction of sp³-hybridized carbons (Fsp3) is 0.773. The lowest BCUT2D eigenvalue weighted by Gasteiger charge is -2.18. The summed E-state index contributed by atoms with van der Waals surface area (Å²) in [4.78, 5) is 38.2. The number of carbonyl (C=O) groups excluding carboxylic acids is 3. The highest BCUT2D eigenvalue weighted by Crippen LogP contribution is 2.16. The number of allylic oxidation sites excluding steroid dienone is 12. The molecule has 0 spiro atoms. The van der Waals surface area contributed by atoms with Crippen molar-refractivity contribution in [1.82, 2.24) is 0 Å². The number of esters is 3. The van der Waals surface area contributed by atoms with Gasteiger partial charge in [-0.2, -0.15) is 0 Å². The Morgan fingerprint density at radius 1 is 0.292 bits per heavy atom. The molecule has 0 aliphatic rings. The highest BCUT2D eigenvalue weighted by Gasteiger charge is 2.19. The van der Waals surface area contributed by atoms with E-state index in [-0.39, 0.29) is 37.5 Å². The molecule has 0 bridgehead atoms. The van der Waals surface area contributed by atoms with E-state index in [1.165, 1.54) is 180 Å². The average molecular weight is 1010 g/mol. The summed E-state index contributed by atoms with van der Waals surface area (Å²) in [5, 5.41) is 0. The zero-order valence-corrected chi connectivity index (χ0v) is 47.7. The van der Waals surface area contributed by atoms with Crippen molar-refractivity contribution >= 4 is 17.9 Å². The van der Waals surface area contributed by atoms with Crippen molar-refractivity contribution in [3.05, 3.63) is 72.9 Å². The van der Waals surface area contributed by atoms with Gasteiger partial charge in [0.2, 0.25) is 0 Å². The van der Waals surface area contributed by atoms with Crippen LogP contribution < -0.4 is 0 Å². The molecule has 0 saturated heterocycles. The Morgan fingerprint density at radius 3 is 0.944 bits per heavy atom. The van der Waals surface area contributed by atoms with Gasteiger partial charge in [0.15, 0.2) is 6.10 Å². The molecule has 0 fully saturated rings. The molecule has 1 atom stereocenters. The normalized spacial score (nSPS) is 12.5. The lowest BCUT2D eigenvalue weighted by Crippen LogP contribution is -2.30. The van der Waals surface area contributed by atoms with Gasteiger partial charge >= 0.3 is 17.9 Å². The average Bonchev–Trinajstić information content (AvgIpc) is 3.38. The first-order chi connectivity index (χ1) is 35.5. The van der Waals surface area contributed by atoms with E-state index in [9.17, 15) is 14.4 Å². The largest absolute Gasteiger partial charge is 0.462 e. The van der Waals surface area contributed by atoms with Crippen LogP contribution in [0, 0.1) is 0 Å². The Hall–Kier alpha value is -3.15. The van der Waals surface area contributed by atoms with Gasteiger partial charge in [-0.25, -0.2) is 0 Å². The van der Waals surface area contributed by atoms with Crippen LogP contribution in [0.15, 0.2) is 72.9 Å². The standard InChI is InChI=1S/C66H116O6/c1-4-7-10-13-16-19-22-25-28-31-33-36-38-41-44-47-50-53-56-59-65(68)71-62-63(61-70-64(67)58-55-52-49-46-43-40-37-34-30-27-24-21-18-15-12-9-6-3)72-66(69)60-57-54-51-48-45-42-39-35-32-29-26-23-20-17-14-11-8-5-2/h23,26-27,29-30,32,35,37,39-40,46,49,63H,4-22,24-25,28,31,33-34,36,38,41-45,47-48,50-62H2,1-3H3/b26-23-,30-27-,32-29-,39-35-,40-37-,49-46-. The minimum Gasteiger partial charge on any atom is -0.462 e. The first kappa shape index (κ1) is 68.8. The fourth-order valence-corrected chi connectivity index (χ4v) is 8.81. The van der Waals surface area contributed by atoms with Crippen molar-refractivity contribution in [2.75, 3.05) is 13.2 Å². The van der Waals surface area contributed by atoms with Gasteiger partial charge in [0.25, 0.3) is 0 Å². The number of carbonyl (C=O) groups is 3. The van der Waals surface area contributed by atoms with E-state index in [0.29, 0.717) is 19.3 Å².